The normalized spacial score (nSPS) is 14.6. The van der Waals surface area contributed by atoms with Crippen molar-refractivity contribution < 1.29 is 9.90 Å². The third kappa shape index (κ3) is 6.17. The average Bonchev–Trinajstić information content (AvgIpc) is 2.67. The lowest BCUT2D eigenvalue weighted by Crippen LogP contribution is -2.69. The SMILES string of the molecule is CCN[C@@](Cc1ccccc1)(NC(=O)c1ccccc1)[C@H](O)CNC(C)C. The maximum Gasteiger partial charge on any atom is 0.252 e. The lowest BCUT2D eigenvalue weighted by Gasteiger charge is -2.40. The fraction of sp³-hybridized carbons (Fsp3) is 0.409. The fourth-order valence-electron chi connectivity index (χ4n) is 3.09. The highest BCUT2D eigenvalue weighted by molar-refractivity contribution is 5.94. The predicted octanol–water partition coefficient (Wildman–Crippen LogP) is 2.32. The molecule has 0 saturated carbocycles. The molecule has 146 valence electrons. The van der Waals surface area contributed by atoms with Crippen molar-refractivity contribution in [3.63, 3.8) is 0 Å². The molecule has 0 aromatic heterocycles. The minimum atomic E-state index is -0.981. The van der Waals surface area contributed by atoms with Crippen LogP contribution in [0.4, 0.5) is 0 Å². The van der Waals surface area contributed by atoms with E-state index in [1.807, 2.05) is 69.3 Å². The number of carbonyl (C=O) groups excluding carboxylic acids is 1. The van der Waals surface area contributed by atoms with Gasteiger partial charge in [-0.2, -0.15) is 0 Å². The Morgan fingerprint density at radius 2 is 1.63 bits per heavy atom. The summed E-state index contributed by atoms with van der Waals surface area (Å²) in [7, 11) is 0. The van der Waals surface area contributed by atoms with Crippen LogP contribution >= 0.6 is 0 Å². The van der Waals surface area contributed by atoms with Crippen molar-refractivity contribution >= 4 is 5.91 Å². The molecule has 27 heavy (non-hydrogen) atoms. The molecule has 0 spiro atoms. The number of aliphatic hydroxyl groups is 1. The zero-order chi connectivity index (χ0) is 19.7. The summed E-state index contributed by atoms with van der Waals surface area (Å²) >= 11 is 0. The zero-order valence-electron chi connectivity index (χ0n) is 16.4. The molecule has 0 bridgehead atoms. The van der Waals surface area contributed by atoms with Crippen molar-refractivity contribution in [3.8, 4) is 0 Å². The van der Waals surface area contributed by atoms with E-state index >= 15 is 0 Å². The van der Waals surface area contributed by atoms with Crippen molar-refractivity contribution in [2.45, 2.75) is 45.0 Å². The first-order valence-electron chi connectivity index (χ1n) is 9.55. The molecule has 0 saturated heterocycles. The first-order valence-corrected chi connectivity index (χ1v) is 9.55. The molecule has 5 nitrogen and oxygen atoms in total. The number of nitrogens with one attached hydrogen (secondary N) is 3. The quantitative estimate of drug-likeness (QED) is 0.485. The Hall–Kier alpha value is -2.21. The molecular weight excluding hydrogens is 338 g/mol. The van der Waals surface area contributed by atoms with Crippen molar-refractivity contribution in [2.75, 3.05) is 13.1 Å². The lowest BCUT2D eigenvalue weighted by molar-refractivity contribution is 0.0318. The van der Waals surface area contributed by atoms with E-state index in [1.54, 1.807) is 12.1 Å². The largest absolute Gasteiger partial charge is 0.388 e. The minimum Gasteiger partial charge on any atom is -0.388 e. The first-order chi connectivity index (χ1) is 13.0. The average molecular weight is 370 g/mol. The van der Waals surface area contributed by atoms with E-state index in [9.17, 15) is 9.90 Å². The van der Waals surface area contributed by atoms with Gasteiger partial charge in [-0.3, -0.25) is 10.1 Å². The van der Waals surface area contributed by atoms with Crippen LogP contribution in [0.2, 0.25) is 0 Å². The van der Waals surface area contributed by atoms with Crippen LogP contribution in [-0.4, -0.2) is 41.9 Å². The van der Waals surface area contributed by atoms with Gasteiger partial charge in [0.25, 0.3) is 5.91 Å². The molecule has 0 unspecified atom stereocenters. The van der Waals surface area contributed by atoms with Crippen molar-refractivity contribution in [1.82, 2.24) is 16.0 Å². The van der Waals surface area contributed by atoms with Crippen molar-refractivity contribution in [3.05, 3.63) is 71.8 Å². The van der Waals surface area contributed by atoms with E-state index in [0.717, 1.165) is 5.56 Å². The van der Waals surface area contributed by atoms with Gasteiger partial charge in [-0.15, -0.1) is 0 Å². The summed E-state index contributed by atoms with van der Waals surface area (Å²) in [5.41, 5.74) is 0.623. The molecule has 0 aliphatic rings. The van der Waals surface area contributed by atoms with Crippen LogP contribution in [0, 0.1) is 0 Å². The number of carbonyl (C=O) groups is 1. The Kier molecular flexibility index (Phi) is 7.98. The predicted molar refractivity (Wildman–Crippen MR) is 110 cm³/mol. The summed E-state index contributed by atoms with van der Waals surface area (Å²) in [5, 5.41) is 20.7. The van der Waals surface area contributed by atoms with Gasteiger partial charge in [-0.1, -0.05) is 69.3 Å². The van der Waals surface area contributed by atoms with E-state index in [4.69, 9.17) is 0 Å². The highest BCUT2D eigenvalue weighted by Gasteiger charge is 2.39. The molecule has 0 aliphatic heterocycles. The van der Waals surface area contributed by atoms with Gasteiger partial charge in [0.1, 0.15) is 11.8 Å². The number of aliphatic hydroxyl groups excluding tert-OH is 1. The Balaban J connectivity index is 2.32. The molecule has 0 aliphatic carbocycles. The molecule has 0 radical (unpaired) electrons. The van der Waals surface area contributed by atoms with Gasteiger partial charge >= 0.3 is 0 Å². The van der Waals surface area contributed by atoms with Crippen molar-refractivity contribution in [1.29, 1.82) is 0 Å². The standard InChI is InChI=1S/C22H31N3O2/c1-4-24-22(20(26)16-23-17(2)3,15-18-11-7-5-8-12-18)25-21(27)19-13-9-6-10-14-19/h5-14,17,20,23-24,26H,4,15-16H2,1-3H3,(H,25,27)/t20-,22+/m1/s1. The number of hydrogen-bond acceptors (Lipinski definition) is 4. The number of amides is 1. The Morgan fingerprint density at radius 3 is 2.19 bits per heavy atom. The molecule has 2 rings (SSSR count). The molecule has 4 N–H and O–H groups in total. The second-order valence-electron chi connectivity index (χ2n) is 7.06. The van der Waals surface area contributed by atoms with Gasteiger partial charge in [0.05, 0.1) is 0 Å². The van der Waals surface area contributed by atoms with Crippen LogP contribution in [0.3, 0.4) is 0 Å². The minimum absolute atomic E-state index is 0.212. The Morgan fingerprint density at radius 1 is 1.04 bits per heavy atom. The van der Waals surface area contributed by atoms with E-state index in [-0.39, 0.29) is 11.9 Å². The highest BCUT2D eigenvalue weighted by atomic mass is 16.3. The zero-order valence-corrected chi connectivity index (χ0v) is 16.4. The third-order valence-electron chi connectivity index (χ3n) is 4.48. The van der Waals surface area contributed by atoms with E-state index < -0.39 is 11.8 Å². The Bertz CT molecular complexity index is 691. The highest BCUT2D eigenvalue weighted by Crippen LogP contribution is 2.17. The maximum absolute atomic E-state index is 12.9. The number of hydrogen-bond donors (Lipinski definition) is 4. The van der Waals surface area contributed by atoms with Crippen LogP contribution in [0.25, 0.3) is 0 Å². The molecular formula is C22H31N3O2. The molecule has 0 fully saturated rings. The summed E-state index contributed by atoms with van der Waals surface area (Å²) in [6.45, 7) is 7.01. The molecule has 2 aromatic rings. The van der Waals surface area contributed by atoms with Gasteiger partial charge in [0, 0.05) is 24.6 Å². The Labute approximate surface area is 162 Å². The van der Waals surface area contributed by atoms with Crippen LogP contribution in [0.1, 0.15) is 36.7 Å². The monoisotopic (exact) mass is 369 g/mol. The third-order valence-corrected chi connectivity index (χ3v) is 4.48. The van der Waals surface area contributed by atoms with Gasteiger partial charge in [-0.05, 0) is 24.2 Å². The second kappa shape index (κ2) is 10.2. The van der Waals surface area contributed by atoms with Crippen molar-refractivity contribution in [2.24, 2.45) is 0 Å². The van der Waals surface area contributed by atoms with Crippen LogP contribution in [0.15, 0.2) is 60.7 Å². The maximum atomic E-state index is 12.9. The molecule has 5 heteroatoms. The topological polar surface area (TPSA) is 73.4 Å². The van der Waals surface area contributed by atoms with E-state index in [0.29, 0.717) is 25.1 Å². The van der Waals surface area contributed by atoms with Crippen LogP contribution in [0.5, 0.6) is 0 Å². The number of rotatable bonds is 10. The summed E-state index contributed by atoms with van der Waals surface area (Å²) < 4.78 is 0. The molecule has 2 atom stereocenters. The lowest BCUT2D eigenvalue weighted by atomic mass is 9.92. The molecule has 0 heterocycles. The smallest absolute Gasteiger partial charge is 0.252 e. The number of benzene rings is 2. The summed E-state index contributed by atoms with van der Waals surface area (Å²) in [4.78, 5) is 12.9. The molecule has 1 amide bonds. The van der Waals surface area contributed by atoms with Gasteiger partial charge in [0.2, 0.25) is 0 Å². The summed E-state index contributed by atoms with van der Waals surface area (Å²) in [6, 6.07) is 19.2. The fourth-order valence-corrected chi connectivity index (χ4v) is 3.09. The van der Waals surface area contributed by atoms with Crippen LogP contribution in [-0.2, 0) is 6.42 Å². The van der Waals surface area contributed by atoms with E-state index in [1.165, 1.54) is 0 Å². The first kappa shape index (κ1) is 21.1. The molecule has 2 aromatic carbocycles. The summed E-state index contributed by atoms with van der Waals surface area (Å²) in [6.07, 6.45) is -0.339. The van der Waals surface area contributed by atoms with Gasteiger partial charge < -0.3 is 15.7 Å². The summed E-state index contributed by atoms with van der Waals surface area (Å²) in [5.74, 6) is -0.212. The van der Waals surface area contributed by atoms with Gasteiger partial charge in [-0.25, -0.2) is 0 Å². The number of likely N-dealkylation sites (N-methyl/N-ethyl adjacent to an activating group) is 1. The van der Waals surface area contributed by atoms with Gasteiger partial charge in [0.15, 0.2) is 0 Å². The second-order valence-corrected chi connectivity index (χ2v) is 7.06. The van der Waals surface area contributed by atoms with Crippen LogP contribution < -0.4 is 16.0 Å². The van der Waals surface area contributed by atoms with E-state index in [2.05, 4.69) is 16.0 Å².